The number of rotatable bonds is 10. The van der Waals surface area contributed by atoms with Gasteiger partial charge >= 0.3 is 32.7 Å². The number of hydrogen-bond donors (Lipinski definition) is 6. The van der Waals surface area contributed by atoms with Crippen LogP contribution in [0.3, 0.4) is 0 Å². The Labute approximate surface area is 342 Å². The minimum absolute atomic E-state index is 0. The summed E-state index contributed by atoms with van der Waals surface area (Å²) in [4.78, 5) is 48.4. The van der Waals surface area contributed by atoms with E-state index in [2.05, 4.69) is 4.98 Å². The van der Waals surface area contributed by atoms with Crippen LogP contribution < -0.4 is 52.9 Å². The number of ether oxygens (including phenoxy) is 5. The second-order valence-corrected chi connectivity index (χ2v) is 12.2. The van der Waals surface area contributed by atoms with Crippen molar-refractivity contribution in [1.29, 1.82) is 0 Å². The average molecular weight is 1010 g/mol. The fraction of sp³-hybridized carbons (Fsp3) is 0.400. The molecule has 58 heavy (non-hydrogen) atoms. The van der Waals surface area contributed by atoms with Crippen molar-refractivity contribution in [2.24, 2.45) is 5.41 Å². The van der Waals surface area contributed by atoms with E-state index in [4.69, 9.17) is 38.9 Å². The number of nitrogens with zero attached hydrogens (tertiary/aromatic N) is 2. The SMILES string of the molecule is COc1cc(C(=O)c2c(C)oc3c(O)c(OC)ccc23)cc(OC)c1OC.N.N.Nc1ccn([C@@H]2O[C@H](CO)[C@@H](O)C2(F)F)c(=O)n1.O=C([O-])C1(C(=O)[O-])CCC1.[Pt+2]. The Balaban J connectivity index is 0.000000469. The number of carbonyl (C=O) groups is 3. The van der Waals surface area contributed by atoms with Crippen molar-refractivity contribution in [2.45, 2.75) is 50.5 Å². The van der Waals surface area contributed by atoms with Gasteiger partial charge in [0.1, 0.15) is 17.7 Å². The first-order valence-electron chi connectivity index (χ1n) is 16.2. The van der Waals surface area contributed by atoms with Gasteiger partial charge in [-0.25, -0.2) is 4.79 Å². The molecular weight excluding hydrogens is 963 g/mol. The average Bonchev–Trinajstić information content (AvgIpc) is 3.58. The number of aliphatic hydroxyl groups excluding tert-OH is 2. The summed E-state index contributed by atoms with van der Waals surface area (Å²) in [5.74, 6) is -5.52. The third-order valence-electron chi connectivity index (χ3n) is 9.00. The summed E-state index contributed by atoms with van der Waals surface area (Å²) in [6.07, 6.45) is -3.76. The van der Waals surface area contributed by atoms with Crippen LogP contribution in [0.5, 0.6) is 28.7 Å². The molecule has 2 aromatic heterocycles. The van der Waals surface area contributed by atoms with Crippen molar-refractivity contribution in [2.75, 3.05) is 40.8 Å². The van der Waals surface area contributed by atoms with Crippen LogP contribution in [0.4, 0.5) is 14.6 Å². The van der Waals surface area contributed by atoms with Crippen molar-refractivity contribution in [1.82, 2.24) is 21.9 Å². The molecule has 1 aliphatic carbocycles. The number of phenolic OH excluding ortho intramolecular Hbond substituents is 1. The van der Waals surface area contributed by atoms with Gasteiger partial charge in [-0.2, -0.15) is 13.8 Å². The van der Waals surface area contributed by atoms with Crippen LogP contribution in [0.15, 0.2) is 45.7 Å². The van der Waals surface area contributed by atoms with Crippen LogP contribution in [0.1, 0.15) is 47.2 Å². The number of methoxy groups -OCH3 is 4. The molecule has 3 atom stereocenters. The van der Waals surface area contributed by atoms with Crippen molar-refractivity contribution in [3.05, 3.63) is 63.9 Å². The van der Waals surface area contributed by atoms with Crippen LogP contribution in [-0.4, -0.2) is 95.8 Å². The third kappa shape index (κ3) is 9.49. The molecule has 1 aliphatic heterocycles. The minimum Gasteiger partial charge on any atom is -0.549 e. The quantitative estimate of drug-likeness (QED) is 0.0925. The second-order valence-electron chi connectivity index (χ2n) is 12.2. The number of anilines is 1. The topological polar surface area (TPSA) is 348 Å². The molecule has 1 saturated heterocycles. The minimum atomic E-state index is -3.71. The molecule has 20 nitrogen and oxygen atoms in total. The van der Waals surface area contributed by atoms with Crippen molar-refractivity contribution >= 4 is 34.5 Å². The molecule has 11 N–H and O–H groups in total. The Bertz CT molecular complexity index is 2100. The monoisotopic (exact) mass is 1010 g/mol. The number of fused-ring (bicyclic) bond motifs is 1. The van der Waals surface area contributed by atoms with Crippen LogP contribution in [0, 0.1) is 12.3 Å². The number of hydrogen-bond acceptors (Lipinski definition) is 19. The van der Waals surface area contributed by atoms with Gasteiger partial charge in [-0.1, -0.05) is 6.42 Å². The van der Waals surface area contributed by atoms with Gasteiger partial charge < -0.3 is 81.3 Å². The number of aliphatic carboxylic acids is 2. The van der Waals surface area contributed by atoms with Crippen LogP contribution in [-0.2, 0) is 35.4 Å². The van der Waals surface area contributed by atoms with Gasteiger partial charge in [-0.05, 0) is 50.1 Å². The van der Waals surface area contributed by atoms with Gasteiger partial charge in [-0.15, -0.1) is 0 Å². The van der Waals surface area contributed by atoms with E-state index >= 15 is 0 Å². The first kappa shape index (κ1) is 50.6. The van der Waals surface area contributed by atoms with Crippen LogP contribution in [0.2, 0.25) is 0 Å². The van der Waals surface area contributed by atoms with E-state index < -0.39 is 54.0 Å². The molecular formula is C35H43F2N5O15Pt. The van der Waals surface area contributed by atoms with E-state index in [9.17, 15) is 48.4 Å². The zero-order valence-electron chi connectivity index (χ0n) is 31.7. The Morgan fingerprint density at radius 3 is 1.93 bits per heavy atom. The molecule has 0 spiro atoms. The number of nitrogen functional groups attached to an aromatic ring is 1. The molecule has 2 aliphatic rings. The smallest absolute Gasteiger partial charge is 0.549 e. The number of carboxylic acid groups (broad SMARTS) is 2. The molecule has 0 amide bonds. The number of halogens is 2. The summed E-state index contributed by atoms with van der Waals surface area (Å²) in [7, 11) is 5.90. The number of ketones is 1. The fourth-order valence-electron chi connectivity index (χ4n) is 5.80. The molecule has 0 bridgehead atoms. The van der Waals surface area contributed by atoms with Gasteiger partial charge in [-0.3, -0.25) is 9.36 Å². The molecule has 322 valence electrons. The van der Waals surface area contributed by atoms with Gasteiger partial charge in [0.2, 0.25) is 17.7 Å². The standard InChI is InChI=1S/C20H20O7.C9H11F2N3O4.C6H8O4.2H3N.Pt/c1-10-16(12-6-7-13(23-2)18(22)19(12)27-10)17(21)11-8-14(24-3)20(26-5)15(9-11)25-4;10-9(11)6(16)4(3-15)18-7(9)14-2-1-5(12)13-8(14)17;7-4(8)6(5(9)10)2-1-3-6;;;/h6-9,22H,1-5H3;1-2,4,6-7,15-16H,3H2,(H2,12,13,17);1-3H2,(H,7,8)(H,9,10);2*1H3;/q;;;;;+2/p-2/t;4-,6-,7-;;;;/m.1..../s1. The largest absolute Gasteiger partial charge is 2.00 e. The number of benzene rings is 2. The number of phenols is 1. The first-order valence-corrected chi connectivity index (χ1v) is 16.2. The number of aliphatic hydroxyl groups is 2. The van der Waals surface area contributed by atoms with E-state index in [1.807, 2.05) is 0 Å². The van der Waals surface area contributed by atoms with E-state index in [0.717, 1.165) is 12.3 Å². The maximum atomic E-state index is 13.7. The van der Waals surface area contributed by atoms with E-state index in [1.54, 1.807) is 31.2 Å². The Hall–Kier alpha value is -5.38. The molecule has 0 unspecified atom stereocenters. The Kier molecular flexibility index (Phi) is 17.8. The predicted octanol–water partition coefficient (Wildman–Crippen LogP) is 0.402. The summed E-state index contributed by atoms with van der Waals surface area (Å²) in [6, 6.07) is 7.56. The van der Waals surface area contributed by atoms with Crippen molar-refractivity contribution in [3.8, 4) is 28.7 Å². The summed E-state index contributed by atoms with van der Waals surface area (Å²) in [6.45, 7) is 0.877. The number of carboxylic acids is 2. The number of furan rings is 1. The number of aryl methyl sites for hydroxylation is 1. The zero-order valence-corrected chi connectivity index (χ0v) is 34.0. The number of nitrogens with two attached hydrogens (primary N) is 1. The predicted molar refractivity (Wildman–Crippen MR) is 190 cm³/mol. The number of carbonyl (C=O) groups excluding carboxylic acids is 3. The fourth-order valence-corrected chi connectivity index (χ4v) is 5.80. The van der Waals surface area contributed by atoms with Gasteiger partial charge in [0, 0.05) is 22.6 Å². The molecule has 3 heterocycles. The Morgan fingerprint density at radius 2 is 1.53 bits per heavy atom. The van der Waals surface area contributed by atoms with Crippen molar-refractivity contribution in [3.63, 3.8) is 0 Å². The summed E-state index contributed by atoms with van der Waals surface area (Å²) in [5, 5.41) is 49.3. The zero-order chi connectivity index (χ0) is 41.0. The van der Waals surface area contributed by atoms with Crippen LogP contribution in [0.25, 0.3) is 11.0 Å². The summed E-state index contributed by atoms with van der Waals surface area (Å²) >= 11 is 0. The first-order chi connectivity index (χ1) is 25.9. The van der Waals surface area contributed by atoms with Crippen LogP contribution >= 0.6 is 0 Å². The number of aromatic nitrogens is 2. The van der Waals surface area contributed by atoms with Crippen molar-refractivity contribution < 1.29 is 97.9 Å². The maximum absolute atomic E-state index is 13.7. The van der Waals surface area contributed by atoms with Gasteiger partial charge in [0.05, 0.1) is 52.5 Å². The van der Waals surface area contributed by atoms with Gasteiger partial charge in [0.25, 0.3) is 0 Å². The normalized spacial score (nSPS) is 18.1. The number of aromatic hydroxyl groups is 1. The molecule has 6 rings (SSSR count). The third-order valence-corrected chi connectivity index (χ3v) is 9.00. The molecule has 2 fully saturated rings. The molecule has 0 radical (unpaired) electrons. The van der Waals surface area contributed by atoms with E-state index in [0.29, 0.717) is 50.5 Å². The molecule has 4 aromatic rings. The molecule has 1 saturated carbocycles. The molecule has 23 heteroatoms. The Morgan fingerprint density at radius 1 is 0.983 bits per heavy atom. The maximum Gasteiger partial charge on any atom is 2.00 e. The second kappa shape index (κ2) is 20.3. The number of alkyl halides is 2. The van der Waals surface area contributed by atoms with E-state index in [1.165, 1.54) is 28.4 Å². The summed E-state index contributed by atoms with van der Waals surface area (Å²) in [5.41, 5.74) is 3.42. The molecule has 2 aromatic carbocycles. The van der Waals surface area contributed by atoms with Gasteiger partial charge in [0.15, 0.2) is 34.7 Å². The van der Waals surface area contributed by atoms with E-state index in [-0.39, 0.29) is 74.9 Å². The summed E-state index contributed by atoms with van der Waals surface area (Å²) < 4.78 is 59.4.